The normalized spacial score (nSPS) is 15.3. The molecule has 2 N–H and O–H groups in total. The van der Waals surface area contributed by atoms with Crippen LogP contribution in [0.4, 0.5) is 0 Å². The highest BCUT2D eigenvalue weighted by molar-refractivity contribution is 7.45. The molecule has 0 spiro atoms. The number of quaternary nitrogens is 1. The lowest BCUT2D eigenvalue weighted by Crippen LogP contribution is -2.45. The molecule has 0 aliphatic rings. The molecule has 0 heterocycles. The van der Waals surface area contributed by atoms with Crippen LogP contribution in [0.5, 0.6) is 0 Å². The quantitative estimate of drug-likeness (QED) is 0.0284. The van der Waals surface area contributed by atoms with Crippen molar-refractivity contribution in [3.8, 4) is 0 Å². The minimum Gasteiger partial charge on any atom is -0.756 e. The first kappa shape index (κ1) is 51.7. The van der Waals surface area contributed by atoms with Gasteiger partial charge in [0.15, 0.2) is 0 Å². The third-order valence-corrected chi connectivity index (χ3v) is 9.56. The van der Waals surface area contributed by atoms with E-state index >= 15 is 0 Å². The van der Waals surface area contributed by atoms with E-state index in [0.29, 0.717) is 17.4 Å². The number of phosphoric ester groups is 1. The summed E-state index contributed by atoms with van der Waals surface area (Å²) in [5.74, 6) is -0.220. The van der Waals surface area contributed by atoms with Gasteiger partial charge in [-0.3, -0.25) is 9.36 Å². The highest BCUT2D eigenvalue weighted by Crippen LogP contribution is 2.38. The largest absolute Gasteiger partial charge is 0.756 e. The van der Waals surface area contributed by atoms with Gasteiger partial charge in [0, 0.05) is 6.42 Å². The van der Waals surface area contributed by atoms with Gasteiger partial charge in [-0.15, -0.1) is 0 Å². The van der Waals surface area contributed by atoms with Gasteiger partial charge in [0.05, 0.1) is 39.9 Å². The lowest BCUT2D eigenvalue weighted by molar-refractivity contribution is -0.870. The zero-order chi connectivity index (χ0) is 40.0. The van der Waals surface area contributed by atoms with Crippen LogP contribution in [0.15, 0.2) is 85.1 Å². The molecule has 310 valence electrons. The summed E-state index contributed by atoms with van der Waals surface area (Å²) in [6.07, 6.45) is 50.1. The molecule has 0 fully saturated rings. The number of hydrogen-bond acceptors (Lipinski definition) is 6. The number of phosphoric acid groups is 1. The summed E-state index contributed by atoms with van der Waals surface area (Å²) in [6, 6.07) is -0.888. The molecule has 0 aromatic carbocycles. The molecule has 0 aliphatic carbocycles. The lowest BCUT2D eigenvalue weighted by Gasteiger charge is -2.29. The van der Waals surface area contributed by atoms with Gasteiger partial charge in [-0.25, -0.2) is 0 Å². The second kappa shape index (κ2) is 36.3. The van der Waals surface area contributed by atoms with E-state index in [9.17, 15) is 19.4 Å². The molecule has 0 aliphatic heterocycles. The van der Waals surface area contributed by atoms with Crippen molar-refractivity contribution in [1.29, 1.82) is 0 Å². The van der Waals surface area contributed by atoms with Crippen LogP contribution in [-0.4, -0.2) is 68.5 Å². The van der Waals surface area contributed by atoms with Crippen LogP contribution >= 0.6 is 7.82 Å². The van der Waals surface area contributed by atoms with Crippen LogP contribution in [0, 0.1) is 0 Å². The van der Waals surface area contributed by atoms with Crippen molar-refractivity contribution in [3.63, 3.8) is 0 Å². The van der Waals surface area contributed by atoms with Crippen LogP contribution in [0.25, 0.3) is 0 Å². The molecular formula is C45H79N2O6P. The number of aliphatic hydroxyl groups is 1. The molecule has 0 aromatic rings. The Morgan fingerprint density at radius 2 is 1.13 bits per heavy atom. The molecule has 8 nitrogen and oxygen atoms in total. The molecule has 3 unspecified atom stereocenters. The van der Waals surface area contributed by atoms with Crippen LogP contribution in [0.1, 0.15) is 142 Å². The Kier molecular flexibility index (Phi) is 34.8. The standard InChI is InChI=1S/C45H79N2O6P/c1-6-8-10-11-12-13-14-15-16-17-18-19-20-21-22-23-24-25-26-27-28-29-30-31-32-33-34-35-37-39-45(49)46-43(44(48)38-36-9-7-2)42-53-54(50,51)52-41-40-47(3,4)5/h8,10,12-13,15-16,18-19,21-22,24-25,36,38,43-44,48H,6-7,9,11,14,17,20,23,26-35,37,39-42H2,1-5H3,(H-,46,49,50,51)/b10-8-,13-12-,16-15-,19-18-,22-21-,25-24-,38-36+. The number of amides is 1. The smallest absolute Gasteiger partial charge is 0.268 e. The molecule has 0 bridgehead atoms. The van der Waals surface area contributed by atoms with Gasteiger partial charge in [-0.2, -0.15) is 0 Å². The molecule has 54 heavy (non-hydrogen) atoms. The first-order chi connectivity index (χ1) is 26.0. The number of unbranched alkanes of at least 4 members (excludes halogenated alkanes) is 11. The van der Waals surface area contributed by atoms with Crippen molar-refractivity contribution in [2.24, 2.45) is 0 Å². The number of carbonyl (C=O) groups is 1. The van der Waals surface area contributed by atoms with Gasteiger partial charge in [-0.1, -0.05) is 157 Å². The SMILES string of the molecule is CC/C=C\C/C=C\C/C=C\C/C=C\C/C=C\C/C=C\CCCCCCCCCCCCC(=O)NC(COP(=O)([O-])OCC[N+](C)(C)C)C(O)/C=C/CCC. The van der Waals surface area contributed by atoms with Crippen molar-refractivity contribution >= 4 is 13.7 Å². The zero-order valence-electron chi connectivity index (χ0n) is 34.9. The van der Waals surface area contributed by atoms with Crippen molar-refractivity contribution in [2.45, 2.75) is 154 Å². The Hall–Kier alpha value is -2.32. The highest BCUT2D eigenvalue weighted by atomic mass is 31.2. The first-order valence-corrected chi connectivity index (χ1v) is 22.4. The molecule has 9 heteroatoms. The summed E-state index contributed by atoms with van der Waals surface area (Å²) in [5, 5.41) is 13.4. The van der Waals surface area contributed by atoms with Crippen LogP contribution in [0.3, 0.4) is 0 Å². The van der Waals surface area contributed by atoms with Crippen LogP contribution < -0.4 is 10.2 Å². The van der Waals surface area contributed by atoms with Gasteiger partial charge in [0.2, 0.25) is 5.91 Å². The molecule has 0 radical (unpaired) electrons. The number of rotatable bonds is 36. The van der Waals surface area contributed by atoms with E-state index < -0.39 is 26.6 Å². The lowest BCUT2D eigenvalue weighted by atomic mass is 10.0. The van der Waals surface area contributed by atoms with Crippen LogP contribution in [-0.2, 0) is 18.4 Å². The van der Waals surface area contributed by atoms with Crippen molar-refractivity contribution in [2.75, 3.05) is 40.9 Å². The zero-order valence-corrected chi connectivity index (χ0v) is 35.8. The van der Waals surface area contributed by atoms with E-state index in [1.807, 2.05) is 34.1 Å². The fourth-order valence-corrected chi connectivity index (χ4v) is 6.00. The molecule has 0 saturated carbocycles. The van der Waals surface area contributed by atoms with E-state index in [4.69, 9.17) is 9.05 Å². The second-order valence-corrected chi connectivity index (χ2v) is 16.4. The average molecular weight is 775 g/mol. The number of carbonyl (C=O) groups excluding carboxylic acids is 1. The maximum atomic E-state index is 12.7. The highest BCUT2D eigenvalue weighted by Gasteiger charge is 2.23. The van der Waals surface area contributed by atoms with Crippen LogP contribution in [0.2, 0.25) is 0 Å². The topological polar surface area (TPSA) is 108 Å². The number of allylic oxidation sites excluding steroid dienone is 13. The minimum atomic E-state index is -4.57. The number of nitrogens with one attached hydrogen (secondary N) is 1. The summed E-state index contributed by atoms with van der Waals surface area (Å²) in [6.45, 7) is 4.27. The summed E-state index contributed by atoms with van der Waals surface area (Å²) < 4.78 is 22.8. The third kappa shape index (κ3) is 38.0. The Morgan fingerprint density at radius 1 is 0.667 bits per heavy atom. The van der Waals surface area contributed by atoms with Crippen molar-refractivity contribution in [3.05, 3.63) is 85.1 Å². The minimum absolute atomic E-state index is 0.00795. The van der Waals surface area contributed by atoms with Gasteiger partial charge in [0.25, 0.3) is 7.82 Å². The Morgan fingerprint density at radius 3 is 1.61 bits per heavy atom. The maximum Gasteiger partial charge on any atom is 0.268 e. The van der Waals surface area contributed by atoms with E-state index in [1.54, 1.807) is 6.08 Å². The Labute approximate surface area is 331 Å². The number of likely N-dealkylation sites (N-methyl/N-ethyl adjacent to an activating group) is 1. The van der Waals surface area contributed by atoms with Crippen molar-refractivity contribution < 1.29 is 32.9 Å². The summed E-state index contributed by atoms with van der Waals surface area (Å²) in [7, 11) is 1.23. The third-order valence-electron chi connectivity index (χ3n) is 8.59. The molecular weight excluding hydrogens is 695 g/mol. The molecule has 0 rings (SSSR count). The van der Waals surface area contributed by atoms with Crippen molar-refractivity contribution in [1.82, 2.24) is 5.32 Å². The number of nitrogens with zero attached hydrogens (tertiary/aromatic N) is 1. The van der Waals surface area contributed by atoms with E-state index in [1.165, 1.54) is 44.9 Å². The number of hydrogen-bond donors (Lipinski definition) is 2. The number of aliphatic hydroxyl groups excluding tert-OH is 1. The Balaban J connectivity index is 3.95. The molecule has 0 saturated heterocycles. The average Bonchev–Trinajstić information content (AvgIpc) is 3.12. The fraction of sp³-hybridized carbons (Fsp3) is 0.667. The predicted octanol–water partition coefficient (Wildman–Crippen LogP) is 10.8. The van der Waals surface area contributed by atoms with Gasteiger partial charge < -0.3 is 28.8 Å². The van der Waals surface area contributed by atoms with Gasteiger partial charge in [0.1, 0.15) is 13.2 Å². The molecule has 0 aromatic heterocycles. The molecule has 1 amide bonds. The van der Waals surface area contributed by atoms with E-state index in [-0.39, 0.29) is 12.5 Å². The van der Waals surface area contributed by atoms with E-state index in [0.717, 1.165) is 77.0 Å². The van der Waals surface area contributed by atoms with E-state index in [2.05, 4.69) is 85.2 Å². The molecule has 3 atom stereocenters. The first-order valence-electron chi connectivity index (χ1n) is 20.9. The van der Waals surface area contributed by atoms with Gasteiger partial charge in [-0.05, 0) is 64.2 Å². The maximum absolute atomic E-state index is 12.7. The van der Waals surface area contributed by atoms with Gasteiger partial charge >= 0.3 is 0 Å². The monoisotopic (exact) mass is 775 g/mol. The fourth-order valence-electron chi connectivity index (χ4n) is 5.28. The summed E-state index contributed by atoms with van der Waals surface area (Å²) in [5.41, 5.74) is 0. The summed E-state index contributed by atoms with van der Waals surface area (Å²) >= 11 is 0. The second-order valence-electron chi connectivity index (χ2n) is 15.0. The predicted molar refractivity (Wildman–Crippen MR) is 228 cm³/mol. The Bertz CT molecular complexity index is 1150. The summed E-state index contributed by atoms with van der Waals surface area (Å²) in [4.78, 5) is 24.9.